The van der Waals surface area contributed by atoms with Gasteiger partial charge >= 0.3 is 0 Å². The fraction of sp³-hybridized carbons (Fsp3) is 0.600. The summed E-state index contributed by atoms with van der Waals surface area (Å²) in [5, 5.41) is 10.2. The Hall–Kier alpha value is -0.860. The first-order valence-electron chi connectivity index (χ1n) is 6.34. The third-order valence-corrected chi connectivity index (χ3v) is 3.95. The Morgan fingerprint density at radius 2 is 2.12 bits per heavy atom. The number of ether oxygens (including phenoxy) is 1. The van der Waals surface area contributed by atoms with Gasteiger partial charge in [0.2, 0.25) is 0 Å². The van der Waals surface area contributed by atoms with Crippen LogP contribution in [0, 0.1) is 0 Å². The molecule has 94 valence electrons. The molecular weight excluding hydrogens is 212 g/mol. The number of aliphatic hydroxyl groups is 1. The van der Waals surface area contributed by atoms with Gasteiger partial charge in [-0.3, -0.25) is 0 Å². The predicted octanol–water partition coefficient (Wildman–Crippen LogP) is 2.89. The number of rotatable bonds is 5. The Morgan fingerprint density at radius 3 is 2.76 bits per heavy atom. The highest BCUT2D eigenvalue weighted by Crippen LogP contribution is 2.39. The molecule has 1 aromatic rings. The number of aliphatic hydroxyl groups excluding tert-OH is 1. The summed E-state index contributed by atoms with van der Waals surface area (Å²) in [6.07, 6.45) is 2.48. The lowest BCUT2D eigenvalue weighted by atomic mass is 9.73. The fourth-order valence-corrected chi connectivity index (χ4v) is 2.44. The molecule has 2 nitrogen and oxygen atoms in total. The van der Waals surface area contributed by atoms with Crippen molar-refractivity contribution in [3.05, 3.63) is 35.4 Å². The smallest absolute Gasteiger partial charge is 0.0623 e. The molecule has 0 fully saturated rings. The molecule has 0 aliphatic heterocycles. The van der Waals surface area contributed by atoms with Gasteiger partial charge in [0.15, 0.2) is 0 Å². The molecule has 2 atom stereocenters. The molecule has 0 amide bonds. The van der Waals surface area contributed by atoms with Crippen LogP contribution in [0.25, 0.3) is 0 Å². The molecule has 0 heterocycles. The minimum Gasteiger partial charge on any atom is -0.392 e. The molecule has 0 saturated heterocycles. The molecule has 17 heavy (non-hydrogen) atoms. The maximum Gasteiger partial charge on any atom is 0.0623 e. The van der Waals surface area contributed by atoms with Crippen LogP contribution in [0.5, 0.6) is 0 Å². The molecular formula is C15H22O2. The monoisotopic (exact) mass is 234 g/mol. The Balaban J connectivity index is 1.89. The van der Waals surface area contributed by atoms with Gasteiger partial charge in [-0.25, -0.2) is 0 Å². The largest absolute Gasteiger partial charge is 0.392 e. The third kappa shape index (κ3) is 2.70. The summed E-state index contributed by atoms with van der Waals surface area (Å²) in [6, 6.07) is 8.40. The molecule has 0 saturated carbocycles. The predicted molar refractivity (Wildman–Crippen MR) is 69.2 cm³/mol. The minimum atomic E-state index is -0.237. The van der Waals surface area contributed by atoms with Gasteiger partial charge < -0.3 is 9.84 Å². The summed E-state index contributed by atoms with van der Waals surface area (Å²) in [7, 11) is 1.73. The standard InChI is InChI=1S/C15H22O2/c1-15(2,17-3)9-8-14(16)13-10-11-6-4-5-7-12(11)13/h4-7,13-14,16H,8-10H2,1-3H3. The van der Waals surface area contributed by atoms with Crippen molar-refractivity contribution >= 4 is 0 Å². The van der Waals surface area contributed by atoms with Crippen molar-refractivity contribution in [2.75, 3.05) is 7.11 Å². The Kier molecular flexibility index (Phi) is 3.55. The zero-order valence-electron chi connectivity index (χ0n) is 10.9. The van der Waals surface area contributed by atoms with E-state index in [0.717, 1.165) is 19.3 Å². The summed E-state index contributed by atoms with van der Waals surface area (Å²) in [6.45, 7) is 4.13. The van der Waals surface area contributed by atoms with Crippen molar-refractivity contribution in [1.82, 2.24) is 0 Å². The van der Waals surface area contributed by atoms with Crippen LogP contribution in [-0.2, 0) is 11.2 Å². The lowest BCUT2D eigenvalue weighted by Crippen LogP contribution is -2.31. The molecule has 2 heteroatoms. The average molecular weight is 234 g/mol. The quantitative estimate of drug-likeness (QED) is 0.849. The summed E-state index contributed by atoms with van der Waals surface area (Å²) < 4.78 is 5.38. The van der Waals surface area contributed by atoms with E-state index < -0.39 is 0 Å². The second-order valence-corrected chi connectivity index (χ2v) is 5.58. The second-order valence-electron chi connectivity index (χ2n) is 5.58. The van der Waals surface area contributed by atoms with Gasteiger partial charge in [-0.15, -0.1) is 0 Å². The van der Waals surface area contributed by atoms with Gasteiger partial charge in [0.1, 0.15) is 0 Å². The van der Waals surface area contributed by atoms with Gasteiger partial charge in [0, 0.05) is 13.0 Å². The summed E-state index contributed by atoms with van der Waals surface area (Å²) >= 11 is 0. The van der Waals surface area contributed by atoms with E-state index in [1.54, 1.807) is 7.11 Å². The second kappa shape index (κ2) is 4.79. The highest BCUT2D eigenvalue weighted by Gasteiger charge is 2.32. The SMILES string of the molecule is COC(C)(C)CCC(O)C1Cc2ccccc21. The minimum absolute atomic E-state index is 0.135. The van der Waals surface area contributed by atoms with Crippen LogP contribution in [0.2, 0.25) is 0 Å². The first-order chi connectivity index (χ1) is 8.03. The van der Waals surface area contributed by atoms with E-state index >= 15 is 0 Å². The average Bonchev–Trinajstić information content (AvgIpc) is 2.28. The van der Waals surface area contributed by atoms with Crippen molar-refractivity contribution in [1.29, 1.82) is 0 Å². The van der Waals surface area contributed by atoms with E-state index in [4.69, 9.17) is 4.74 Å². The van der Waals surface area contributed by atoms with Crippen molar-refractivity contribution in [3.8, 4) is 0 Å². The molecule has 1 aliphatic carbocycles. The summed E-state index contributed by atoms with van der Waals surface area (Å²) in [5.74, 6) is 0.332. The Morgan fingerprint density at radius 1 is 1.41 bits per heavy atom. The van der Waals surface area contributed by atoms with Crippen LogP contribution in [0.1, 0.15) is 43.7 Å². The highest BCUT2D eigenvalue weighted by molar-refractivity contribution is 5.40. The first-order valence-corrected chi connectivity index (χ1v) is 6.34. The topological polar surface area (TPSA) is 29.5 Å². The van der Waals surface area contributed by atoms with E-state index in [-0.39, 0.29) is 11.7 Å². The normalized spacial score (nSPS) is 20.6. The zero-order valence-corrected chi connectivity index (χ0v) is 10.9. The van der Waals surface area contributed by atoms with Gasteiger partial charge in [-0.1, -0.05) is 24.3 Å². The molecule has 0 radical (unpaired) electrons. The van der Waals surface area contributed by atoms with Gasteiger partial charge in [-0.05, 0) is 44.2 Å². The van der Waals surface area contributed by atoms with Crippen molar-refractivity contribution in [3.63, 3.8) is 0 Å². The molecule has 1 aromatic carbocycles. The van der Waals surface area contributed by atoms with Crippen LogP contribution < -0.4 is 0 Å². The van der Waals surface area contributed by atoms with E-state index in [9.17, 15) is 5.11 Å². The van der Waals surface area contributed by atoms with Crippen LogP contribution in [0.3, 0.4) is 0 Å². The fourth-order valence-electron chi connectivity index (χ4n) is 2.44. The van der Waals surface area contributed by atoms with E-state index in [1.165, 1.54) is 11.1 Å². The van der Waals surface area contributed by atoms with Gasteiger partial charge in [-0.2, -0.15) is 0 Å². The molecule has 0 aromatic heterocycles. The number of methoxy groups -OCH3 is 1. The van der Waals surface area contributed by atoms with Crippen molar-refractivity contribution in [2.45, 2.75) is 50.7 Å². The number of hydrogen-bond acceptors (Lipinski definition) is 2. The van der Waals surface area contributed by atoms with E-state index in [1.807, 2.05) is 0 Å². The van der Waals surface area contributed by atoms with Crippen molar-refractivity contribution in [2.24, 2.45) is 0 Å². The summed E-state index contributed by atoms with van der Waals surface area (Å²) in [4.78, 5) is 0. The lowest BCUT2D eigenvalue weighted by Gasteiger charge is -2.35. The highest BCUT2D eigenvalue weighted by atomic mass is 16.5. The van der Waals surface area contributed by atoms with Crippen LogP contribution in [0.4, 0.5) is 0 Å². The molecule has 2 unspecified atom stereocenters. The van der Waals surface area contributed by atoms with Gasteiger partial charge in [0.05, 0.1) is 11.7 Å². The maximum atomic E-state index is 10.2. The Bertz CT molecular complexity index is 384. The number of fused-ring (bicyclic) bond motifs is 1. The molecule has 0 spiro atoms. The third-order valence-electron chi connectivity index (χ3n) is 3.95. The zero-order chi connectivity index (χ0) is 12.5. The first kappa shape index (κ1) is 12.6. The molecule has 2 rings (SSSR count). The van der Waals surface area contributed by atoms with Crippen molar-refractivity contribution < 1.29 is 9.84 Å². The van der Waals surface area contributed by atoms with Crippen LogP contribution in [-0.4, -0.2) is 23.9 Å². The molecule has 0 bridgehead atoms. The number of hydrogen-bond donors (Lipinski definition) is 1. The number of benzene rings is 1. The Labute approximate surface area is 104 Å². The lowest BCUT2D eigenvalue weighted by molar-refractivity contribution is -0.000679. The van der Waals surface area contributed by atoms with Crippen LogP contribution >= 0.6 is 0 Å². The van der Waals surface area contributed by atoms with Gasteiger partial charge in [0.25, 0.3) is 0 Å². The van der Waals surface area contributed by atoms with Crippen LogP contribution in [0.15, 0.2) is 24.3 Å². The van der Waals surface area contributed by atoms with E-state index in [0.29, 0.717) is 5.92 Å². The molecule has 1 aliphatic rings. The van der Waals surface area contributed by atoms with E-state index in [2.05, 4.69) is 38.1 Å². The summed E-state index contributed by atoms with van der Waals surface area (Å²) in [5.41, 5.74) is 2.59. The maximum absolute atomic E-state index is 10.2. The molecule has 1 N–H and O–H groups in total.